The van der Waals surface area contributed by atoms with Gasteiger partial charge in [-0.25, -0.2) is 0 Å². The lowest BCUT2D eigenvalue weighted by atomic mass is 10.1. The van der Waals surface area contributed by atoms with Crippen LogP contribution in [0.15, 0.2) is 78.9 Å². The topological polar surface area (TPSA) is 55.3 Å². The SMILES string of the molecule is COc1ccc(-c2cc(C(=O)NNc3ccccc3C(F)(F)F)c(C)n2-c2ccccc2Cl)cc1. The molecule has 0 fully saturated rings. The Labute approximate surface area is 205 Å². The lowest BCUT2D eigenvalue weighted by Gasteiger charge is -2.15. The summed E-state index contributed by atoms with van der Waals surface area (Å²) in [6, 6.07) is 21.1. The van der Waals surface area contributed by atoms with Crippen molar-refractivity contribution >= 4 is 23.2 Å². The summed E-state index contributed by atoms with van der Waals surface area (Å²) in [4.78, 5) is 13.1. The van der Waals surface area contributed by atoms with Crippen molar-refractivity contribution in [1.29, 1.82) is 0 Å². The number of aromatic nitrogens is 1. The van der Waals surface area contributed by atoms with Crippen LogP contribution in [0.3, 0.4) is 0 Å². The minimum Gasteiger partial charge on any atom is -0.497 e. The highest BCUT2D eigenvalue weighted by molar-refractivity contribution is 6.32. The van der Waals surface area contributed by atoms with Gasteiger partial charge in [0.1, 0.15) is 5.75 Å². The van der Waals surface area contributed by atoms with Crippen LogP contribution in [0.4, 0.5) is 18.9 Å². The molecule has 9 heteroatoms. The van der Waals surface area contributed by atoms with E-state index in [-0.39, 0.29) is 11.3 Å². The highest BCUT2D eigenvalue weighted by atomic mass is 35.5. The van der Waals surface area contributed by atoms with Crippen LogP contribution in [-0.4, -0.2) is 17.6 Å². The standard InChI is InChI=1S/C26H21ClF3N3O2/c1-16-19(25(34)32-31-22-9-5-3-7-20(22)26(28,29)30)15-24(17-11-13-18(35-2)14-12-17)33(16)23-10-6-4-8-21(23)27/h3-15,31H,1-2H3,(H,32,34). The molecule has 3 aromatic carbocycles. The van der Waals surface area contributed by atoms with Gasteiger partial charge in [0.25, 0.3) is 5.91 Å². The number of hydrazine groups is 1. The van der Waals surface area contributed by atoms with Gasteiger partial charge in [-0.1, -0.05) is 35.9 Å². The molecule has 180 valence electrons. The third-order valence-corrected chi connectivity index (χ3v) is 5.83. The van der Waals surface area contributed by atoms with E-state index in [4.69, 9.17) is 16.3 Å². The van der Waals surface area contributed by atoms with E-state index in [1.807, 2.05) is 28.8 Å². The molecule has 4 aromatic rings. The molecule has 0 aliphatic rings. The number of benzene rings is 3. The van der Waals surface area contributed by atoms with E-state index in [1.54, 1.807) is 44.4 Å². The van der Waals surface area contributed by atoms with Crippen LogP contribution in [0, 0.1) is 6.92 Å². The fourth-order valence-corrected chi connectivity index (χ4v) is 4.01. The maximum atomic E-state index is 13.3. The number of carbonyl (C=O) groups excluding carboxylic acids is 1. The van der Waals surface area contributed by atoms with Gasteiger partial charge in [0, 0.05) is 5.69 Å². The molecule has 0 atom stereocenters. The third-order valence-electron chi connectivity index (χ3n) is 5.51. The third kappa shape index (κ3) is 4.97. The Morgan fingerprint density at radius 2 is 1.63 bits per heavy atom. The van der Waals surface area contributed by atoms with Crippen molar-refractivity contribution in [3.8, 4) is 22.7 Å². The van der Waals surface area contributed by atoms with Gasteiger partial charge in [-0.3, -0.25) is 15.6 Å². The number of halogens is 4. The number of hydrogen-bond acceptors (Lipinski definition) is 3. The Kier molecular flexibility index (Phi) is 6.75. The second-order valence-electron chi connectivity index (χ2n) is 7.67. The van der Waals surface area contributed by atoms with Crippen molar-refractivity contribution in [2.24, 2.45) is 0 Å². The number of hydrogen-bond donors (Lipinski definition) is 2. The second kappa shape index (κ2) is 9.76. The van der Waals surface area contributed by atoms with E-state index in [2.05, 4.69) is 10.9 Å². The number of rotatable bonds is 6. The Hall–Kier alpha value is -3.91. The first-order chi connectivity index (χ1) is 16.7. The number of anilines is 1. The van der Waals surface area contributed by atoms with Gasteiger partial charge in [-0.15, -0.1) is 0 Å². The van der Waals surface area contributed by atoms with Gasteiger partial charge >= 0.3 is 6.18 Å². The number of para-hydroxylation sites is 2. The molecule has 0 spiro atoms. The van der Waals surface area contributed by atoms with Gasteiger partial charge in [0.15, 0.2) is 0 Å². The first-order valence-electron chi connectivity index (χ1n) is 10.5. The number of nitrogens with zero attached hydrogens (tertiary/aromatic N) is 1. The van der Waals surface area contributed by atoms with Gasteiger partial charge in [-0.05, 0) is 67.1 Å². The molecule has 0 aliphatic carbocycles. The summed E-state index contributed by atoms with van der Waals surface area (Å²) in [7, 11) is 1.57. The molecule has 1 amide bonds. The van der Waals surface area contributed by atoms with E-state index >= 15 is 0 Å². The molecule has 0 radical (unpaired) electrons. The highest BCUT2D eigenvalue weighted by Gasteiger charge is 2.33. The molecule has 0 saturated carbocycles. The molecule has 0 aliphatic heterocycles. The quantitative estimate of drug-likeness (QED) is 0.284. The van der Waals surface area contributed by atoms with Crippen molar-refractivity contribution in [2.45, 2.75) is 13.1 Å². The normalized spacial score (nSPS) is 11.3. The number of carbonyl (C=O) groups is 1. The zero-order valence-corrected chi connectivity index (χ0v) is 19.5. The second-order valence-corrected chi connectivity index (χ2v) is 8.07. The van der Waals surface area contributed by atoms with Gasteiger partial charge in [0.2, 0.25) is 0 Å². The Morgan fingerprint density at radius 3 is 2.29 bits per heavy atom. The van der Waals surface area contributed by atoms with Crippen LogP contribution in [0.2, 0.25) is 5.02 Å². The molecule has 5 nitrogen and oxygen atoms in total. The van der Waals surface area contributed by atoms with Gasteiger partial charge < -0.3 is 9.30 Å². The summed E-state index contributed by atoms with van der Waals surface area (Å²) in [5, 5.41) is 0.477. The summed E-state index contributed by atoms with van der Waals surface area (Å²) >= 11 is 6.47. The summed E-state index contributed by atoms with van der Waals surface area (Å²) in [5.74, 6) is 0.0758. The average Bonchev–Trinajstić information content (AvgIpc) is 3.19. The van der Waals surface area contributed by atoms with Crippen molar-refractivity contribution < 1.29 is 22.7 Å². The number of alkyl halides is 3. The van der Waals surface area contributed by atoms with Crippen molar-refractivity contribution in [2.75, 3.05) is 12.5 Å². The Morgan fingerprint density at radius 1 is 0.971 bits per heavy atom. The highest BCUT2D eigenvalue weighted by Crippen LogP contribution is 2.35. The van der Waals surface area contributed by atoms with Crippen LogP contribution in [0.1, 0.15) is 21.6 Å². The van der Waals surface area contributed by atoms with Gasteiger partial charge in [0.05, 0.1) is 40.3 Å². The summed E-state index contributed by atoms with van der Waals surface area (Å²) in [6.45, 7) is 1.74. The number of methoxy groups -OCH3 is 1. The van der Waals surface area contributed by atoms with Crippen LogP contribution in [-0.2, 0) is 6.18 Å². The van der Waals surface area contributed by atoms with Crippen LogP contribution >= 0.6 is 11.6 Å². The molecular formula is C26H21ClF3N3O2. The number of amides is 1. The summed E-state index contributed by atoms with van der Waals surface area (Å²) in [5.41, 5.74) is 6.62. The monoisotopic (exact) mass is 499 g/mol. The lowest BCUT2D eigenvalue weighted by molar-refractivity contribution is -0.137. The average molecular weight is 500 g/mol. The fraction of sp³-hybridized carbons (Fsp3) is 0.115. The molecule has 35 heavy (non-hydrogen) atoms. The van der Waals surface area contributed by atoms with E-state index in [1.165, 1.54) is 18.2 Å². The largest absolute Gasteiger partial charge is 0.497 e. The zero-order chi connectivity index (χ0) is 25.2. The van der Waals surface area contributed by atoms with Crippen LogP contribution in [0.5, 0.6) is 5.75 Å². The minimum absolute atomic E-state index is 0.257. The minimum atomic E-state index is -4.57. The van der Waals surface area contributed by atoms with Crippen LogP contribution in [0.25, 0.3) is 16.9 Å². The van der Waals surface area contributed by atoms with Crippen molar-refractivity contribution in [3.63, 3.8) is 0 Å². The van der Waals surface area contributed by atoms with E-state index < -0.39 is 17.6 Å². The molecule has 1 aromatic heterocycles. The lowest BCUT2D eigenvalue weighted by Crippen LogP contribution is -2.30. The molecule has 0 unspecified atom stereocenters. The fourth-order valence-electron chi connectivity index (χ4n) is 3.79. The zero-order valence-electron chi connectivity index (χ0n) is 18.8. The first kappa shape index (κ1) is 24.2. The van der Waals surface area contributed by atoms with Crippen molar-refractivity contribution in [1.82, 2.24) is 9.99 Å². The van der Waals surface area contributed by atoms with Gasteiger partial charge in [-0.2, -0.15) is 13.2 Å². The Balaban J connectivity index is 1.73. The smallest absolute Gasteiger partial charge is 0.418 e. The summed E-state index contributed by atoms with van der Waals surface area (Å²) < 4.78 is 47.0. The van der Waals surface area contributed by atoms with E-state index in [9.17, 15) is 18.0 Å². The maximum Gasteiger partial charge on any atom is 0.418 e. The van der Waals surface area contributed by atoms with E-state index in [0.29, 0.717) is 27.8 Å². The number of nitrogens with one attached hydrogen (secondary N) is 2. The van der Waals surface area contributed by atoms with E-state index in [0.717, 1.165) is 11.6 Å². The molecule has 1 heterocycles. The number of ether oxygens (including phenoxy) is 1. The molecular weight excluding hydrogens is 479 g/mol. The molecule has 0 saturated heterocycles. The van der Waals surface area contributed by atoms with Crippen molar-refractivity contribution in [3.05, 3.63) is 101 Å². The maximum absolute atomic E-state index is 13.3. The molecule has 4 rings (SSSR count). The predicted octanol–water partition coefficient (Wildman–Crippen LogP) is 6.89. The molecule has 2 N–H and O–H groups in total. The summed E-state index contributed by atoms with van der Waals surface area (Å²) in [6.07, 6.45) is -4.57. The Bertz CT molecular complexity index is 1370. The predicted molar refractivity (Wildman–Crippen MR) is 130 cm³/mol. The van der Waals surface area contributed by atoms with Crippen LogP contribution < -0.4 is 15.6 Å². The molecule has 0 bridgehead atoms. The first-order valence-corrected chi connectivity index (χ1v) is 10.9.